The third-order valence-electron chi connectivity index (χ3n) is 5.21. The quantitative estimate of drug-likeness (QED) is 0.674. The molecule has 4 nitrogen and oxygen atoms in total. The molecule has 0 spiro atoms. The zero-order chi connectivity index (χ0) is 18.4. The van der Waals surface area contributed by atoms with Gasteiger partial charge in [0.2, 0.25) is 0 Å². The van der Waals surface area contributed by atoms with Crippen LogP contribution in [0.1, 0.15) is 42.7 Å². The van der Waals surface area contributed by atoms with Gasteiger partial charge in [0.15, 0.2) is 0 Å². The number of amides is 1. The average molecular weight is 347 g/mol. The lowest BCUT2D eigenvalue weighted by molar-refractivity contribution is -0.114. The Morgan fingerprint density at radius 2 is 1.46 bits per heavy atom. The smallest absolute Gasteiger partial charge is 0.271 e. The zero-order valence-electron chi connectivity index (χ0n) is 14.9. The van der Waals surface area contributed by atoms with Gasteiger partial charge in [0.05, 0.1) is 5.71 Å². The molecule has 2 aromatic carbocycles. The largest absolute Gasteiger partial charge is 0.350 e. The highest BCUT2D eigenvalue weighted by atomic mass is 16.1. The van der Waals surface area contributed by atoms with E-state index in [1.807, 2.05) is 12.1 Å². The summed E-state index contributed by atoms with van der Waals surface area (Å²) >= 11 is 0. The highest BCUT2D eigenvalue weighted by Gasteiger charge is 2.23. The van der Waals surface area contributed by atoms with Gasteiger partial charge in [0.25, 0.3) is 5.91 Å². The molecule has 4 heteroatoms. The Hall–Kier alpha value is -2.75. The molecule has 0 unspecified atom stereocenters. The van der Waals surface area contributed by atoms with Crippen molar-refractivity contribution in [3.63, 3.8) is 0 Å². The maximum absolute atomic E-state index is 12.2. The number of nitrogens with one attached hydrogen (secondary N) is 3. The summed E-state index contributed by atoms with van der Waals surface area (Å²) in [5.41, 5.74) is 1.70. The second kappa shape index (κ2) is 8.56. The van der Waals surface area contributed by atoms with E-state index in [4.69, 9.17) is 10.8 Å². The first-order chi connectivity index (χ1) is 12.6. The molecule has 134 valence electrons. The Bertz CT molecular complexity index is 762. The molecule has 0 radical (unpaired) electrons. The summed E-state index contributed by atoms with van der Waals surface area (Å²) in [7, 11) is 0. The van der Waals surface area contributed by atoms with Crippen LogP contribution in [0.25, 0.3) is 0 Å². The van der Waals surface area contributed by atoms with Crippen LogP contribution in [-0.4, -0.2) is 23.9 Å². The van der Waals surface area contributed by atoms with Gasteiger partial charge in [0.1, 0.15) is 5.71 Å². The van der Waals surface area contributed by atoms with E-state index in [0.29, 0.717) is 23.9 Å². The molecule has 3 rings (SSSR count). The van der Waals surface area contributed by atoms with Gasteiger partial charge < -0.3 is 5.32 Å². The fourth-order valence-electron chi connectivity index (χ4n) is 3.61. The van der Waals surface area contributed by atoms with Crippen molar-refractivity contribution < 1.29 is 4.79 Å². The lowest BCUT2D eigenvalue weighted by Crippen LogP contribution is -2.38. The fraction of sp³-hybridized carbons (Fsp3) is 0.318. The second-order valence-corrected chi connectivity index (χ2v) is 6.95. The van der Waals surface area contributed by atoms with Crippen molar-refractivity contribution in [1.29, 1.82) is 10.8 Å². The van der Waals surface area contributed by atoms with Crippen molar-refractivity contribution >= 4 is 17.3 Å². The van der Waals surface area contributed by atoms with Crippen molar-refractivity contribution in [1.82, 2.24) is 5.32 Å². The molecule has 0 aliphatic heterocycles. The van der Waals surface area contributed by atoms with Crippen LogP contribution in [0.5, 0.6) is 0 Å². The number of hydrogen-bond donors (Lipinski definition) is 3. The van der Waals surface area contributed by atoms with Gasteiger partial charge in [-0.2, -0.15) is 0 Å². The van der Waals surface area contributed by atoms with E-state index in [1.54, 1.807) is 24.3 Å². The number of carbonyl (C=O) groups excluding carboxylic acids is 1. The first kappa shape index (κ1) is 18.1. The lowest BCUT2D eigenvalue weighted by atomic mass is 9.78. The maximum Gasteiger partial charge on any atom is 0.271 e. The molecular formula is C22H25N3O. The summed E-state index contributed by atoms with van der Waals surface area (Å²) in [6.45, 7) is 0.588. The van der Waals surface area contributed by atoms with Gasteiger partial charge in [0, 0.05) is 12.1 Å². The van der Waals surface area contributed by atoms with Gasteiger partial charge in [-0.1, -0.05) is 60.7 Å². The van der Waals surface area contributed by atoms with Crippen molar-refractivity contribution in [2.75, 3.05) is 6.54 Å². The number of benzene rings is 2. The van der Waals surface area contributed by atoms with Crippen LogP contribution >= 0.6 is 0 Å². The minimum atomic E-state index is -0.455. The highest BCUT2D eigenvalue weighted by molar-refractivity contribution is 6.68. The Morgan fingerprint density at radius 1 is 0.885 bits per heavy atom. The molecule has 0 heterocycles. The van der Waals surface area contributed by atoms with Crippen molar-refractivity contribution in [2.24, 2.45) is 5.92 Å². The van der Waals surface area contributed by atoms with Gasteiger partial charge in [-0.05, 0) is 43.1 Å². The SMILES string of the molecule is N=C(C(=N)c1ccccc1)C(=O)NCC1CCC(c2ccccc2)CC1. The van der Waals surface area contributed by atoms with Gasteiger partial charge in [-0.15, -0.1) is 0 Å². The Kier molecular flexibility index (Phi) is 5.95. The molecule has 3 N–H and O–H groups in total. The summed E-state index contributed by atoms with van der Waals surface area (Å²) in [6, 6.07) is 19.6. The van der Waals surface area contributed by atoms with E-state index in [1.165, 1.54) is 5.56 Å². The molecule has 2 aromatic rings. The first-order valence-electron chi connectivity index (χ1n) is 9.21. The van der Waals surface area contributed by atoms with Crippen molar-refractivity contribution in [2.45, 2.75) is 31.6 Å². The van der Waals surface area contributed by atoms with Crippen molar-refractivity contribution in [3.8, 4) is 0 Å². The van der Waals surface area contributed by atoms with Crippen LogP contribution in [0.2, 0.25) is 0 Å². The minimum absolute atomic E-state index is 0.0316. The Morgan fingerprint density at radius 3 is 2.08 bits per heavy atom. The predicted octanol–water partition coefficient (Wildman–Crippen LogP) is 4.16. The zero-order valence-corrected chi connectivity index (χ0v) is 14.9. The summed E-state index contributed by atoms with van der Waals surface area (Å²) in [6.07, 6.45) is 4.45. The maximum atomic E-state index is 12.2. The minimum Gasteiger partial charge on any atom is -0.350 e. The molecule has 1 amide bonds. The number of carbonyl (C=O) groups is 1. The van der Waals surface area contributed by atoms with E-state index in [2.05, 4.69) is 29.6 Å². The van der Waals surface area contributed by atoms with E-state index >= 15 is 0 Å². The molecule has 1 aliphatic rings. The normalized spacial score (nSPS) is 19.5. The summed E-state index contributed by atoms with van der Waals surface area (Å²) in [5.74, 6) is 0.620. The topological polar surface area (TPSA) is 76.8 Å². The lowest BCUT2D eigenvalue weighted by Gasteiger charge is -2.29. The highest BCUT2D eigenvalue weighted by Crippen LogP contribution is 2.35. The molecule has 0 aromatic heterocycles. The molecule has 1 aliphatic carbocycles. The van der Waals surface area contributed by atoms with E-state index in [-0.39, 0.29) is 11.4 Å². The van der Waals surface area contributed by atoms with Gasteiger partial charge in [-0.25, -0.2) is 0 Å². The van der Waals surface area contributed by atoms with Gasteiger partial charge in [-0.3, -0.25) is 15.6 Å². The van der Waals surface area contributed by atoms with Crippen LogP contribution in [-0.2, 0) is 4.79 Å². The van der Waals surface area contributed by atoms with Crippen LogP contribution in [0.3, 0.4) is 0 Å². The van der Waals surface area contributed by atoms with Crippen LogP contribution in [0.4, 0.5) is 0 Å². The number of rotatable bonds is 6. The van der Waals surface area contributed by atoms with Crippen LogP contribution < -0.4 is 5.32 Å². The molecule has 0 bridgehead atoms. The fourth-order valence-corrected chi connectivity index (χ4v) is 3.61. The molecule has 1 fully saturated rings. The third-order valence-corrected chi connectivity index (χ3v) is 5.21. The monoisotopic (exact) mass is 347 g/mol. The van der Waals surface area contributed by atoms with E-state index < -0.39 is 5.91 Å². The average Bonchev–Trinajstić information content (AvgIpc) is 2.72. The van der Waals surface area contributed by atoms with Crippen molar-refractivity contribution in [3.05, 3.63) is 71.8 Å². The van der Waals surface area contributed by atoms with E-state index in [0.717, 1.165) is 25.7 Å². The Balaban J connectivity index is 1.45. The number of hydrogen-bond acceptors (Lipinski definition) is 3. The molecule has 0 atom stereocenters. The molecule has 1 saturated carbocycles. The predicted molar refractivity (Wildman–Crippen MR) is 105 cm³/mol. The van der Waals surface area contributed by atoms with Gasteiger partial charge >= 0.3 is 0 Å². The second-order valence-electron chi connectivity index (χ2n) is 6.95. The van der Waals surface area contributed by atoms with Crippen LogP contribution in [0, 0.1) is 16.7 Å². The summed E-state index contributed by atoms with van der Waals surface area (Å²) < 4.78 is 0. The Labute approximate surface area is 154 Å². The molecule has 0 saturated heterocycles. The molecular weight excluding hydrogens is 322 g/mol. The summed E-state index contributed by atoms with van der Waals surface area (Å²) in [4.78, 5) is 12.2. The summed E-state index contributed by atoms with van der Waals surface area (Å²) in [5, 5.41) is 18.8. The molecule has 26 heavy (non-hydrogen) atoms. The third kappa shape index (κ3) is 4.45. The first-order valence-corrected chi connectivity index (χ1v) is 9.21. The van der Waals surface area contributed by atoms with Crippen LogP contribution in [0.15, 0.2) is 60.7 Å². The standard InChI is InChI=1S/C22H25N3O/c23-20(19-9-5-2-6-10-19)21(24)22(26)25-15-16-11-13-18(14-12-16)17-7-3-1-4-8-17/h1-10,16,18,23-24H,11-15H2,(H,25,26). The van der Waals surface area contributed by atoms with E-state index in [9.17, 15) is 4.79 Å².